The Hall–Kier alpha value is -1.99. The van der Waals surface area contributed by atoms with Gasteiger partial charge in [0.15, 0.2) is 5.82 Å². The minimum atomic E-state index is -0.421. The Balaban J connectivity index is 2.29. The van der Waals surface area contributed by atoms with Gasteiger partial charge in [-0.3, -0.25) is 0 Å². The van der Waals surface area contributed by atoms with E-state index in [1.807, 2.05) is 0 Å². The number of ether oxygens (including phenoxy) is 2. The van der Waals surface area contributed by atoms with Crippen LogP contribution in [0.25, 0.3) is 11.5 Å². The molecular formula is C11H14N4O3. The Morgan fingerprint density at radius 2 is 2.28 bits per heavy atom. The van der Waals surface area contributed by atoms with Crippen LogP contribution in [0.2, 0.25) is 0 Å². The minimum Gasteiger partial charge on any atom is -0.480 e. The number of methoxy groups -OCH3 is 2. The average Bonchev–Trinajstić information content (AvgIpc) is 2.88. The smallest absolute Gasteiger partial charge is 0.263 e. The second-order valence-electron chi connectivity index (χ2n) is 3.58. The number of nitrogens with zero attached hydrogens (tertiary/aromatic N) is 3. The van der Waals surface area contributed by atoms with Gasteiger partial charge in [-0.2, -0.15) is 4.98 Å². The summed E-state index contributed by atoms with van der Waals surface area (Å²) in [5.41, 5.74) is 6.44. The highest BCUT2D eigenvalue weighted by Gasteiger charge is 2.17. The molecule has 1 atom stereocenters. The second-order valence-corrected chi connectivity index (χ2v) is 3.58. The third kappa shape index (κ3) is 2.47. The molecule has 2 N–H and O–H groups in total. The Bertz CT molecular complexity index is 514. The van der Waals surface area contributed by atoms with Crippen molar-refractivity contribution in [2.45, 2.75) is 6.04 Å². The molecular weight excluding hydrogens is 236 g/mol. The van der Waals surface area contributed by atoms with E-state index in [1.54, 1.807) is 25.4 Å². The molecule has 2 heterocycles. The van der Waals surface area contributed by atoms with Crippen LogP contribution in [0.5, 0.6) is 5.88 Å². The maximum Gasteiger partial charge on any atom is 0.263 e. The summed E-state index contributed by atoms with van der Waals surface area (Å²) in [7, 11) is 3.09. The highest BCUT2D eigenvalue weighted by atomic mass is 16.5. The van der Waals surface area contributed by atoms with E-state index < -0.39 is 6.04 Å². The van der Waals surface area contributed by atoms with E-state index in [4.69, 9.17) is 19.7 Å². The molecule has 0 saturated carbocycles. The number of hydrogen-bond acceptors (Lipinski definition) is 7. The molecule has 0 amide bonds. The summed E-state index contributed by atoms with van der Waals surface area (Å²) in [6.45, 7) is 0.323. The molecule has 0 saturated heterocycles. The molecule has 0 aliphatic heterocycles. The lowest BCUT2D eigenvalue weighted by molar-refractivity contribution is 0.177. The highest BCUT2D eigenvalue weighted by molar-refractivity contribution is 5.59. The Kier molecular flexibility index (Phi) is 3.85. The Labute approximate surface area is 104 Å². The van der Waals surface area contributed by atoms with Crippen LogP contribution in [0.15, 0.2) is 22.9 Å². The summed E-state index contributed by atoms with van der Waals surface area (Å²) >= 11 is 0. The van der Waals surface area contributed by atoms with E-state index in [0.717, 1.165) is 0 Å². The van der Waals surface area contributed by atoms with E-state index in [9.17, 15) is 0 Å². The van der Waals surface area contributed by atoms with Gasteiger partial charge >= 0.3 is 0 Å². The lowest BCUT2D eigenvalue weighted by Crippen LogP contribution is -2.17. The van der Waals surface area contributed by atoms with Crippen molar-refractivity contribution in [3.8, 4) is 17.3 Å². The maximum atomic E-state index is 5.81. The van der Waals surface area contributed by atoms with E-state index in [0.29, 0.717) is 29.8 Å². The number of hydrogen-bond donors (Lipinski definition) is 1. The van der Waals surface area contributed by atoms with Gasteiger partial charge in [0.2, 0.25) is 5.88 Å². The highest BCUT2D eigenvalue weighted by Crippen LogP contribution is 2.26. The zero-order valence-electron chi connectivity index (χ0n) is 10.2. The van der Waals surface area contributed by atoms with Crippen LogP contribution in [0.1, 0.15) is 11.9 Å². The van der Waals surface area contributed by atoms with Gasteiger partial charge in [-0.1, -0.05) is 5.16 Å². The van der Waals surface area contributed by atoms with Crippen molar-refractivity contribution in [3.63, 3.8) is 0 Å². The molecule has 0 spiro atoms. The van der Waals surface area contributed by atoms with Gasteiger partial charge in [-0.15, -0.1) is 0 Å². The van der Waals surface area contributed by atoms with Gasteiger partial charge in [0.05, 0.1) is 19.8 Å². The summed E-state index contributed by atoms with van der Waals surface area (Å²) in [5, 5.41) is 3.81. The Morgan fingerprint density at radius 1 is 1.44 bits per heavy atom. The van der Waals surface area contributed by atoms with Crippen LogP contribution in [0.3, 0.4) is 0 Å². The second kappa shape index (κ2) is 5.56. The molecule has 2 rings (SSSR count). The van der Waals surface area contributed by atoms with Crippen LogP contribution >= 0.6 is 0 Å². The largest absolute Gasteiger partial charge is 0.480 e. The molecule has 7 heteroatoms. The number of pyridine rings is 1. The van der Waals surface area contributed by atoms with Gasteiger partial charge in [-0.05, 0) is 12.1 Å². The first-order valence-electron chi connectivity index (χ1n) is 5.33. The molecule has 0 radical (unpaired) electrons. The first-order chi connectivity index (χ1) is 8.76. The van der Waals surface area contributed by atoms with Crippen molar-refractivity contribution in [3.05, 3.63) is 24.2 Å². The lowest BCUT2D eigenvalue weighted by atomic mass is 10.2. The number of nitrogens with two attached hydrogens (primary N) is 1. The zero-order valence-corrected chi connectivity index (χ0v) is 10.2. The number of rotatable bonds is 5. The fourth-order valence-electron chi connectivity index (χ4n) is 1.47. The van der Waals surface area contributed by atoms with E-state index in [-0.39, 0.29) is 0 Å². The fourth-order valence-corrected chi connectivity index (χ4v) is 1.47. The van der Waals surface area contributed by atoms with Crippen molar-refractivity contribution in [1.29, 1.82) is 0 Å². The van der Waals surface area contributed by atoms with Crippen molar-refractivity contribution in [1.82, 2.24) is 15.1 Å². The summed E-state index contributed by atoms with van der Waals surface area (Å²) in [6, 6.07) is 3.12. The van der Waals surface area contributed by atoms with Crippen LogP contribution in [0, 0.1) is 0 Å². The number of aromatic nitrogens is 3. The molecule has 96 valence electrons. The van der Waals surface area contributed by atoms with E-state index >= 15 is 0 Å². The molecule has 0 fully saturated rings. The minimum absolute atomic E-state index is 0.321. The third-order valence-electron chi connectivity index (χ3n) is 2.31. The molecule has 2 aromatic heterocycles. The van der Waals surface area contributed by atoms with Crippen molar-refractivity contribution in [2.75, 3.05) is 20.8 Å². The van der Waals surface area contributed by atoms with Crippen LogP contribution in [-0.2, 0) is 4.74 Å². The third-order valence-corrected chi connectivity index (χ3v) is 2.31. The summed E-state index contributed by atoms with van der Waals surface area (Å²) in [5.74, 6) is 1.13. The van der Waals surface area contributed by atoms with Gasteiger partial charge < -0.3 is 19.7 Å². The maximum absolute atomic E-state index is 5.81. The normalized spacial score (nSPS) is 12.4. The first kappa shape index (κ1) is 12.5. The van der Waals surface area contributed by atoms with E-state index in [1.165, 1.54) is 7.11 Å². The van der Waals surface area contributed by atoms with Crippen LogP contribution in [-0.4, -0.2) is 36.0 Å². The topological polar surface area (TPSA) is 96.3 Å². The predicted octanol–water partition coefficient (Wildman–Crippen LogP) is 0.786. The molecule has 7 nitrogen and oxygen atoms in total. The standard InChI is InChI=1S/C11H14N4O3/c1-16-6-8(12)9-14-11(18-15-9)7-4-3-5-13-10(7)17-2/h3-5,8H,6,12H2,1-2H3. The quantitative estimate of drug-likeness (QED) is 0.837. The van der Waals surface area contributed by atoms with Crippen molar-refractivity contribution in [2.24, 2.45) is 5.73 Å². The molecule has 2 aromatic rings. The zero-order chi connectivity index (χ0) is 13.0. The van der Waals surface area contributed by atoms with Gasteiger partial charge in [0, 0.05) is 13.3 Å². The average molecular weight is 250 g/mol. The fraction of sp³-hybridized carbons (Fsp3) is 0.364. The van der Waals surface area contributed by atoms with Crippen molar-refractivity contribution >= 4 is 0 Å². The van der Waals surface area contributed by atoms with Gasteiger partial charge in [0.1, 0.15) is 5.56 Å². The molecule has 18 heavy (non-hydrogen) atoms. The molecule has 0 aliphatic rings. The first-order valence-corrected chi connectivity index (χ1v) is 5.33. The van der Waals surface area contributed by atoms with Crippen molar-refractivity contribution < 1.29 is 14.0 Å². The Morgan fingerprint density at radius 3 is 3.00 bits per heavy atom. The molecule has 0 bridgehead atoms. The summed E-state index contributed by atoms with van der Waals surface area (Å²) < 4.78 is 15.2. The predicted molar refractivity (Wildman–Crippen MR) is 62.9 cm³/mol. The summed E-state index contributed by atoms with van der Waals surface area (Å²) in [4.78, 5) is 8.26. The van der Waals surface area contributed by atoms with Gasteiger partial charge in [0.25, 0.3) is 5.89 Å². The molecule has 0 aliphatic carbocycles. The molecule has 1 unspecified atom stereocenters. The van der Waals surface area contributed by atoms with Gasteiger partial charge in [-0.25, -0.2) is 4.98 Å². The SMILES string of the molecule is COCC(N)c1noc(-c2cccnc2OC)n1. The molecule has 0 aromatic carbocycles. The van der Waals surface area contributed by atoms with Crippen LogP contribution < -0.4 is 10.5 Å². The lowest BCUT2D eigenvalue weighted by Gasteiger charge is -2.03. The summed E-state index contributed by atoms with van der Waals surface area (Å²) in [6.07, 6.45) is 1.62. The van der Waals surface area contributed by atoms with E-state index in [2.05, 4.69) is 15.1 Å². The monoisotopic (exact) mass is 250 g/mol. The van der Waals surface area contributed by atoms with Crippen LogP contribution in [0.4, 0.5) is 0 Å².